The Morgan fingerprint density at radius 1 is 0.935 bits per heavy atom. The maximum Gasteiger partial charge on any atom is 0.323 e. The van der Waals surface area contributed by atoms with Crippen LogP contribution in [-0.2, 0) is 0 Å². The normalized spacial score (nSPS) is 10.7. The average Bonchev–Trinajstić information content (AvgIpc) is 3.20. The van der Waals surface area contributed by atoms with E-state index in [1.165, 1.54) is 5.56 Å². The number of hydrogen-bond acceptors (Lipinski definition) is 3. The Labute approximate surface area is 177 Å². The summed E-state index contributed by atoms with van der Waals surface area (Å²) in [4.78, 5) is 16.6. The van der Waals surface area contributed by atoms with E-state index in [1.807, 2.05) is 26.0 Å². The van der Waals surface area contributed by atoms with Crippen LogP contribution < -0.4 is 10.6 Å². The molecule has 0 aliphatic carbocycles. The van der Waals surface area contributed by atoms with Gasteiger partial charge < -0.3 is 15.1 Å². The molecule has 5 nitrogen and oxygen atoms in total. The monoisotopic (exact) mass is 419 g/mol. The molecule has 3 aromatic carbocycles. The van der Waals surface area contributed by atoms with Crippen molar-refractivity contribution in [1.29, 1.82) is 0 Å². The highest BCUT2D eigenvalue weighted by Crippen LogP contribution is 2.28. The molecule has 0 aliphatic rings. The summed E-state index contributed by atoms with van der Waals surface area (Å²) < 4.78 is 32.3. The van der Waals surface area contributed by atoms with Gasteiger partial charge in [-0.2, -0.15) is 0 Å². The molecule has 0 bridgehead atoms. The zero-order chi connectivity index (χ0) is 22.0. The summed E-state index contributed by atoms with van der Waals surface area (Å²) in [6.45, 7) is 4.07. The fourth-order valence-corrected chi connectivity index (χ4v) is 3.20. The molecule has 156 valence electrons. The number of benzene rings is 3. The molecule has 1 aromatic heterocycles. The van der Waals surface area contributed by atoms with Crippen molar-refractivity contribution in [2.75, 3.05) is 10.6 Å². The van der Waals surface area contributed by atoms with Gasteiger partial charge in [0.25, 0.3) is 0 Å². The summed E-state index contributed by atoms with van der Waals surface area (Å²) in [5, 5.41) is 4.93. The standard InChI is InChI=1S/C24H19F2N3O2/c1-14-3-9-19(15(2)11-14)22-13-31-23(28-22)16-4-7-18(8-5-16)27-24(30)29-21-10-6-17(25)12-20(21)26/h3-13H,1-2H3,(H2,27,29,30). The van der Waals surface area contributed by atoms with E-state index in [9.17, 15) is 13.6 Å². The highest BCUT2D eigenvalue weighted by molar-refractivity contribution is 5.99. The van der Waals surface area contributed by atoms with Crippen LogP contribution in [0.2, 0.25) is 0 Å². The molecule has 2 N–H and O–H groups in total. The Bertz CT molecular complexity index is 1250. The van der Waals surface area contributed by atoms with Gasteiger partial charge in [-0.15, -0.1) is 0 Å². The second-order valence-electron chi connectivity index (χ2n) is 7.14. The molecule has 0 spiro atoms. The lowest BCUT2D eigenvalue weighted by atomic mass is 10.0. The van der Waals surface area contributed by atoms with E-state index in [2.05, 4.69) is 21.7 Å². The van der Waals surface area contributed by atoms with Gasteiger partial charge >= 0.3 is 6.03 Å². The van der Waals surface area contributed by atoms with Crippen LogP contribution in [0.3, 0.4) is 0 Å². The molecule has 0 unspecified atom stereocenters. The lowest BCUT2D eigenvalue weighted by Crippen LogP contribution is -2.20. The Kier molecular flexibility index (Phi) is 5.49. The molecule has 0 saturated heterocycles. The van der Waals surface area contributed by atoms with Crippen molar-refractivity contribution in [1.82, 2.24) is 4.98 Å². The number of carbonyl (C=O) groups is 1. The molecule has 0 radical (unpaired) electrons. The van der Waals surface area contributed by atoms with Crippen molar-refractivity contribution in [2.45, 2.75) is 13.8 Å². The predicted molar refractivity (Wildman–Crippen MR) is 116 cm³/mol. The van der Waals surface area contributed by atoms with Gasteiger partial charge in [-0.05, 0) is 55.8 Å². The molecule has 0 aliphatic heterocycles. The van der Waals surface area contributed by atoms with Crippen LogP contribution in [-0.4, -0.2) is 11.0 Å². The summed E-state index contributed by atoms with van der Waals surface area (Å²) in [7, 11) is 0. The third-order valence-corrected chi connectivity index (χ3v) is 4.73. The Morgan fingerprint density at radius 3 is 2.42 bits per heavy atom. The molecule has 4 aromatic rings. The van der Waals surface area contributed by atoms with Crippen LogP contribution in [0.15, 0.2) is 71.3 Å². The number of hydrogen-bond donors (Lipinski definition) is 2. The zero-order valence-electron chi connectivity index (χ0n) is 16.9. The van der Waals surface area contributed by atoms with Crippen molar-refractivity contribution in [3.8, 4) is 22.7 Å². The van der Waals surface area contributed by atoms with Gasteiger partial charge in [-0.1, -0.05) is 23.8 Å². The number of nitrogens with one attached hydrogen (secondary N) is 2. The quantitative estimate of drug-likeness (QED) is 0.394. The number of carbonyl (C=O) groups excluding carboxylic acids is 1. The summed E-state index contributed by atoms with van der Waals surface area (Å²) >= 11 is 0. The minimum Gasteiger partial charge on any atom is -0.444 e. The third kappa shape index (κ3) is 4.61. The van der Waals surface area contributed by atoms with Crippen LogP contribution in [0.1, 0.15) is 11.1 Å². The van der Waals surface area contributed by atoms with E-state index in [1.54, 1.807) is 30.5 Å². The smallest absolute Gasteiger partial charge is 0.323 e. The minimum absolute atomic E-state index is 0.116. The van der Waals surface area contributed by atoms with E-state index in [-0.39, 0.29) is 5.69 Å². The lowest BCUT2D eigenvalue weighted by Gasteiger charge is -2.08. The fraction of sp³-hybridized carbons (Fsp3) is 0.0833. The van der Waals surface area contributed by atoms with Gasteiger partial charge in [0.2, 0.25) is 5.89 Å². The second kappa shape index (κ2) is 8.39. The van der Waals surface area contributed by atoms with Gasteiger partial charge in [-0.3, -0.25) is 0 Å². The van der Waals surface area contributed by atoms with E-state index in [4.69, 9.17) is 4.42 Å². The first-order valence-corrected chi connectivity index (χ1v) is 9.56. The molecule has 1 heterocycles. The van der Waals surface area contributed by atoms with Gasteiger partial charge in [0.05, 0.1) is 5.69 Å². The number of anilines is 2. The number of aromatic nitrogens is 1. The highest BCUT2D eigenvalue weighted by atomic mass is 19.1. The first kappa shape index (κ1) is 20.3. The van der Waals surface area contributed by atoms with Crippen molar-refractivity contribution in [3.63, 3.8) is 0 Å². The third-order valence-electron chi connectivity index (χ3n) is 4.73. The highest BCUT2D eigenvalue weighted by Gasteiger charge is 2.12. The van der Waals surface area contributed by atoms with Gasteiger partial charge in [0, 0.05) is 22.9 Å². The van der Waals surface area contributed by atoms with Gasteiger partial charge in [0.15, 0.2) is 0 Å². The molecule has 0 atom stereocenters. The number of oxazole rings is 1. The van der Waals surface area contributed by atoms with Crippen molar-refractivity contribution in [3.05, 3.63) is 89.7 Å². The SMILES string of the molecule is Cc1ccc(-c2coc(-c3ccc(NC(=O)Nc4ccc(F)cc4F)cc3)n2)c(C)c1. The van der Waals surface area contributed by atoms with Crippen LogP contribution in [0.4, 0.5) is 25.0 Å². The van der Waals surface area contributed by atoms with Gasteiger partial charge in [-0.25, -0.2) is 18.6 Å². The zero-order valence-corrected chi connectivity index (χ0v) is 16.9. The van der Waals surface area contributed by atoms with Crippen molar-refractivity contribution < 1.29 is 18.0 Å². The van der Waals surface area contributed by atoms with Crippen LogP contribution in [0.25, 0.3) is 22.7 Å². The maximum absolute atomic E-state index is 13.7. The van der Waals surface area contributed by atoms with Crippen LogP contribution >= 0.6 is 0 Å². The first-order valence-electron chi connectivity index (χ1n) is 9.56. The number of halogens is 2. The lowest BCUT2D eigenvalue weighted by molar-refractivity contribution is 0.262. The second-order valence-corrected chi connectivity index (χ2v) is 7.14. The first-order chi connectivity index (χ1) is 14.9. The Morgan fingerprint density at radius 2 is 1.71 bits per heavy atom. The van der Waals surface area contributed by atoms with Crippen molar-refractivity contribution >= 4 is 17.4 Å². The summed E-state index contributed by atoms with van der Waals surface area (Å²) in [6, 6.07) is 15.3. The molecule has 0 fully saturated rings. The summed E-state index contributed by atoms with van der Waals surface area (Å²) in [5.41, 5.74) is 5.16. The van der Waals surface area contributed by atoms with Crippen molar-refractivity contribution in [2.24, 2.45) is 0 Å². The molecule has 7 heteroatoms. The Hall–Kier alpha value is -4.00. The molecular weight excluding hydrogens is 400 g/mol. The number of nitrogens with zero attached hydrogens (tertiary/aromatic N) is 1. The number of rotatable bonds is 4. The topological polar surface area (TPSA) is 67.2 Å². The van der Waals surface area contributed by atoms with E-state index < -0.39 is 17.7 Å². The number of urea groups is 1. The van der Waals surface area contributed by atoms with E-state index in [0.29, 0.717) is 17.6 Å². The minimum atomic E-state index is -0.853. The largest absolute Gasteiger partial charge is 0.444 e. The summed E-state index contributed by atoms with van der Waals surface area (Å²) in [5.74, 6) is -1.11. The van der Waals surface area contributed by atoms with E-state index >= 15 is 0 Å². The van der Waals surface area contributed by atoms with Crippen LogP contribution in [0.5, 0.6) is 0 Å². The molecule has 0 saturated carbocycles. The summed E-state index contributed by atoms with van der Waals surface area (Å²) in [6.07, 6.45) is 1.61. The number of aryl methyl sites for hydroxylation is 2. The number of amides is 2. The molecule has 2 amide bonds. The molecule has 31 heavy (non-hydrogen) atoms. The predicted octanol–water partition coefficient (Wildman–Crippen LogP) is 6.55. The maximum atomic E-state index is 13.7. The average molecular weight is 419 g/mol. The van der Waals surface area contributed by atoms with Gasteiger partial charge in [0.1, 0.15) is 23.6 Å². The Balaban J connectivity index is 1.45. The fourth-order valence-electron chi connectivity index (χ4n) is 3.20. The van der Waals surface area contributed by atoms with E-state index in [0.717, 1.165) is 34.5 Å². The molecule has 4 rings (SSSR count). The van der Waals surface area contributed by atoms with Crippen LogP contribution in [0, 0.1) is 25.5 Å². The molecular formula is C24H19F2N3O2.